The molecule has 2 fully saturated rings. The first-order valence-electron chi connectivity index (χ1n) is 6.48. The standard InChI is InChI=1S/C13H19N3O/c1-8(2)16-7-12(6-14-16)15-13(17)11-4-9-3-10(9)5-11/h6-11H,3-5H2,1-2H3,(H,15,17). The quantitative estimate of drug-likeness (QED) is 0.871. The van der Waals surface area contributed by atoms with Gasteiger partial charge in [0.15, 0.2) is 0 Å². The van der Waals surface area contributed by atoms with Crippen LogP contribution in [0.1, 0.15) is 39.2 Å². The number of anilines is 1. The predicted octanol–water partition coefficient (Wildman–Crippen LogP) is 2.45. The van der Waals surface area contributed by atoms with Crippen LogP contribution in [0.5, 0.6) is 0 Å². The van der Waals surface area contributed by atoms with E-state index in [-0.39, 0.29) is 11.8 Å². The summed E-state index contributed by atoms with van der Waals surface area (Å²) in [6.07, 6.45) is 7.17. The van der Waals surface area contributed by atoms with Gasteiger partial charge < -0.3 is 5.32 Å². The molecular weight excluding hydrogens is 214 g/mol. The molecule has 0 saturated heterocycles. The first kappa shape index (κ1) is 10.8. The number of nitrogens with one attached hydrogen (secondary N) is 1. The third-order valence-electron chi connectivity index (χ3n) is 4.01. The number of fused-ring (bicyclic) bond motifs is 1. The Morgan fingerprint density at radius 1 is 1.41 bits per heavy atom. The summed E-state index contributed by atoms with van der Waals surface area (Å²) in [4.78, 5) is 12.0. The van der Waals surface area contributed by atoms with Crippen molar-refractivity contribution in [3.63, 3.8) is 0 Å². The highest BCUT2D eigenvalue weighted by atomic mass is 16.1. The van der Waals surface area contributed by atoms with E-state index in [1.165, 1.54) is 6.42 Å². The smallest absolute Gasteiger partial charge is 0.227 e. The van der Waals surface area contributed by atoms with Crippen LogP contribution < -0.4 is 5.32 Å². The fourth-order valence-electron chi connectivity index (χ4n) is 2.86. The topological polar surface area (TPSA) is 46.9 Å². The fraction of sp³-hybridized carbons (Fsp3) is 0.692. The second kappa shape index (κ2) is 3.86. The molecular formula is C13H19N3O. The Balaban J connectivity index is 1.60. The summed E-state index contributed by atoms with van der Waals surface area (Å²) in [6.45, 7) is 4.15. The Labute approximate surface area is 101 Å². The minimum atomic E-state index is 0.181. The maximum atomic E-state index is 12.0. The van der Waals surface area contributed by atoms with Crippen molar-refractivity contribution in [2.75, 3.05) is 5.32 Å². The maximum Gasteiger partial charge on any atom is 0.227 e. The molecule has 2 atom stereocenters. The number of rotatable bonds is 3. The summed E-state index contributed by atoms with van der Waals surface area (Å²) in [5.41, 5.74) is 0.823. The molecule has 4 nitrogen and oxygen atoms in total. The summed E-state index contributed by atoms with van der Waals surface area (Å²) < 4.78 is 1.86. The highest BCUT2D eigenvalue weighted by molar-refractivity contribution is 5.92. The molecule has 1 amide bonds. The van der Waals surface area contributed by atoms with E-state index in [0.717, 1.165) is 30.4 Å². The first-order valence-corrected chi connectivity index (χ1v) is 6.48. The van der Waals surface area contributed by atoms with Crippen molar-refractivity contribution in [1.29, 1.82) is 0 Å². The monoisotopic (exact) mass is 233 g/mol. The average Bonchev–Trinajstić information content (AvgIpc) is 2.75. The van der Waals surface area contributed by atoms with E-state index >= 15 is 0 Å². The summed E-state index contributed by atoms with van der Waals surface area (Å²) in [6, 6.07) is 0.333. The molecule has 3 rings (SSSR count). The number of aromatic nitrogens is 2. The largest absolute Gasteiger partial charge is 0.323 e. The zero-order valence-electron chi connectivity index (χ0n) is 10.4. The molecule has 2 aliphatic carbocycles. The van der Waals surface area contributed by atoms with E-state index in [1.54, 1.807) is 6.20 Å². The number of hydrogen-bond acceptors (Lipinski definition) is 2. The van der Waals surface area contributed by atoms with Gasteiger partial charge in [-0.1, -0.05) is 0 Å². The van der Waals surface area contributed by atoms with Crippen LogP contribution in [0.2, 0.25) is 0 Å². The van der Waals surface area contributed by atoms with Gasteiger partial charge in [0.1, 0.15) is 0 Å². The Hall–Kier alpha value is -1.32. The molecule has 2 unspecified atom stereocenters. The fourth-order valence-corrected chi connectivity index (χ4v) is 2.86. The van der Waals surface area contributed by atoms with Crippen LogP contribution in [0, 0.1) is 17.8 Å². The highest BCUT2D eigenvalue weighted by Crippen LogP contribution is 2.54. The third-order valence-corrected chi connectivity index (χ3v) is 4.01. The normalized spacial score (nSPS) is 30.4. The average molecular weight is 233 g/mol. The Bertz CT molecular complexity index is 428. The van der Waals surface area contributed by atoms with Crippen molar-refractivity contribution >= 4 is 11.6 Å². The third kappa shape index (κ3) is 2.08. The Kier molecular flexibility index (Phi) is 2.45. The van der Waals surface area contributed by atoms with Gasteiger partial charge in [0, 0.05) is 18.2 Å². The number of nitrogens with zero attached hydrogens (tertiary/aromatic N) is 2. The van der Waals surface area contributed by atoms with E-state index in [4.69, 9.17) is 0 Å². The van der Waals surface area contributed by atoms with Gasteiger partial charge in [-0.05, 0) is 44.9 Å². The zero-order chi connectivity index (χ0) is 12.0. The molecule has 1 heterocycles. The van der Waals surface area contributed by atoms with Crippen LogP contribution in [0.3, 0.4) is 0 Å². The van der Waals surface area contributed by atoms with E-state index < -0.39 is 0 Å². The van der Waals surface area contributed by atoms with Gasteiger partial charge in [0.25, 0.3) is 0 Å². The van der Waals surface area contributed by atoms with Gasteiger partial charge in [0.2, 0.25) is 5.91 Å². The van der Waals surface area contributed by atoms with E-state index in [1.807, 2.05) is 10.9 Å². The first-order chi connectivity index (χ1) is 8.13. The molecule has 0 radical (unpaired) electrons. The highest BCUT2D eigenvalue weighted by Gasteiger charge is 2.47. The molecule has 0 aromatic carbocycles. The van der Waals surface area contributed by atoms with Crippen LogP contribution in [0.25, 0.3) is 0 Å². The van der Waals surface area contributed by atoms with Crippen molar-refractivity contribution in [3.05, 3.63) is 12.4 Å². The van der Waals surface area contributed by atoms with Gasteiger partial charge >= 0.3 is 0 Å². The predicted molar refractivity (Wildman–Crippen MR) is 65.6 cm³/mol. The Morgan fingerprint density at radius 2 is 2.12 bits per heavy atom. The molecule has 2 saturated carbocycles. The van der Waals surface area contributed by atoms with Gasteiger partial charge in [0.05, 0.1) is 11.9 Å². The van der Waals surface area contributed by atoms with Gasteiger partial charge in [-0.15, -0.1) is 0 Å². The van der Waals surface area contributed by atoms with Crippen molar-refractivity contribution < 1.29 is 4.79 Å². The molecule has 0 spiro atoms. The van der Waals surface area contributed by atoms with E-state index in [9.17, 15) is 4.79 Å². The summed E-state index contributed by atoms with van der Waals surface area (Å²) in [5.74, 6) is 2.12. The number of amides is 1. The molecule has 0 bridgehead atoms. The van der Waals surface area contributed by atoms with E-state index in [2.05, 4.69) is 24.3 Å². The summed E-state index contributed by atoms with van der Waals surface area (Å²) >= 11 is 0. The molecule has 92 valence electrons. The molecule has 2 aliphatic rings. The van der Waals surface area contributed by atoms with Gasteiger partial charge in [-0.25, -0.2) is 0 Å². The van der Waals surface area contributed by atoms with Crippen molar-refractivity contribution in [2.24, 2.45) is 17.8 Å². The van der Waals surface area contributed by atoms with Crippen LogP contribution in [-0.4, -0.2) is 15.7 Å². The lowest BCUT2D eigenvalue weighted by atomic mass is 10.0. The van der Waals surface area contributed by atoms with Crippen molar-refractivity contribution in [1.82, 2.24) is 9.78 Å². The molecule has 4 heteroatoms. The number of carbonyl (C=O) groups is 1. The second-order valence-electron chi connectivity index (χ2n) is 5.72. The lowest BCUT2D eigenvalue weighted by Crippen LogP contribution is -2.21. The minimum absolute atomic E-state index is 0.181. The molecule has 1 aromatic rings. The summed E-state index contributed by atoms with van der Waals surface area (Å²) in [7, 11) is 0. The summed E-state index contributed by atoms with van der Waals surface area (Å²) in [5, 5.41) is 7.20. The maximum absolute atomic E-state index is 12.0. The molecule has 1 aromatic heterocycles. The van der Waals surface area contributed by atoms with Crippen LogP contribution in [0.15, 0.2) is 12.4 Å². The zero-order valence-corrected chi connectivity index (χ0v) is 10.4. The Morgan fingerprint density at radius 3 is 2.71 bits per heavy atom. The minimum Gasteiger partial charge on any atom is -0.323 e. The van der Waals surface area contributed by atoms with Crippen LogP contribution in [-0.2, 0) is 4.79 Å². The van der Waals surface area contributed by atoms with Gasteiger partial charge in [-0.3, -0.25) is 9.48 Å². The van der Waals surface area contributed by atoms with Gasteiger partial charge in [-0.2, -0.15) is 5.10 Å². The number of hydrogen-bond donors (Lipinski definition) is 1. The lowest BCUT2D eigenvalue weighted by Gasteiger charge is -2.10. The van der Waals surface area contributed by atoms with Crippen LogP contribution >= 0.6 is 0 Å². The van der Waals surface area contributed by atoms with Crippen LogP contribution in [0.4, 0.5) is 5.69 Å². The van der Waals surface area contributed by atoms with Crippen molar-refractivity contribution in [2.45, 2.75) is 39.2 Å². The molecule has 1 N–H and O–H groups in total. The van der Waals surface area contributed by atoms with Crippen molar-refractivity contribution in [3.8, 4) is 0 Å². The SMILES string of the molecule is CC(C)n1cc(NC(=O)C2CC3CC3C2)cn1. The second-order valence-corrected chi connectivity index (χ2v) is 5.72. The van der Waals surface area contributed by atoms with E-state index in [0.29, 0.717) is 6.04 Å². The number of carbonyl (C=O) groups excluding carboxylic acids is 1. The lowest BCUT2D eigenvalue weighted by molar-refractivity contribution is -0.120. The molecule has 0 aliphatic heterocycles. The molecule has 17 heavy (non-hydrogen) atoms.